The van der Waals surface area contributed by atoms with Crippen LogP contribution >= 0.6 is 0 Å². The zero-order valence-electron chi connectivity index (χ0n) is 11.8. The van der Waals surface area contributed by atoms with E-state index >= 15 is 0 Å². The number of hydrogen-bond acceptors (Lipinski definition) is 1. The van der Waals surface area contributed by atoms with Crippen LogP contribution in [0.3, 0.4) is 0 Å². The van der Waals surface area contributed by atoms with Crippen LogP contribution in [0.2, 0.25) is 0 Å². The molecule has 2 aromatic rings. The molecule has 0 saturated heterocycles. The van der Waals surface area contributed by atoms with Crippen LogP contribution in [0.4, 0.5) is 0 Å². The van der Waals surface area contributed by atoms with Crippen LogP contribution in [-0.4, -0.2) is 15.6 Å². The highest BCUT2D eigenvalue weighted by Crippen LogP contribution is 2.24. The molecular formula is C16H21NO2. The number of aliphatic carboxylic acids is 1. The number of benzene rings is 1. The first-order valence-electron chi connectivity index (χ1n) is 6.78. The van der Waals surface area contributed by atoms with Crippen LogP contribution in [0.1, 0.15) is 26.3 Å². The summed E-state index contributed by atoms with van der Waals surface area (Å²) in [5, 5.41) is 10.2. The van der Waals surface area contributed by atoms with Gasteiger partial charge < -0.3 is 9.67 Å². The van der Waals surface area contributed by atoms with E-state index < -0.39 is 5.97 Å². The summed E-state index contributed by atoms with van der Waals surface area (Å²) in [6.45, 7) is 7.10. The Morgan fingerprint density at radius 2 is 1.95 bits per heavy atom. The van der Waals surface area contributed by atoms with E-state index in [0.717, 1.165) is 12.1 Å². The minimum Gasteiger partial charge on any atom is -0.481 e. The van der Waals surface area contributed by atoms with Crippen molar-refractivity contribution < 1.29 is 9.90 Å². The molecule has 3 heteroatoms. The topological polar surface area (TPSA) is 42.2 Å². The second-order valence-corrected chi connectivity index (χ2v) is 5.66. The standard InChI is InChI=1S/C16H21NO2/c1-11(2)9-17-10-13(8-12(3)16(18)19)14-6-4-5-7-15(14)17/h4-7,10-12H,8-9H2,1-3H3,(H,18,19). The summed E-state index contributed by atoms with van der Waals surface area (Å²) in [6, 6.07) is 8.23. The molecule has 0 aliphatic heterocycles. The van der Waals surface area contributed by atoms with Gasteiger partial charge in [0.15, 0.2) is 0 Å². The fourth-order valence-electron chi connectivity index (χ4n) is 2.45. The lowest BCUT2D eigenvalue weighted by molar-refractivity contribution is -0.141. The van der Waals surface area contributed by atoms with Crippen LogP contribution < -0.4 is 0 Å². The first-order chi connectivity index (χ1) is 8.99. The molecule has 2 rings (SSSR count). The lowest BCUT2D eigenvalue weighted by Gasteiger charge is -2.07. The van der Waals surface area contributed by atoms with Crippen molar-refractivity contribution in [3.05, 3.63) is 36.0 Å². The van der Waals surface area contributed by atoms with Crippen molar-refractivity contribution in [2.75, 3.05) is 0 Å². The van der Waals surface area contributed by atoms with Gasteiger partial charge in [-0.05, 0) is 24.0 Å². The number of fused-ring (bicyclic) bond motifs is 1. The maximum atomic E-state index is 11.0. The van der Waals surface area contributed by atoms with Crippen molar-refractivity contribution in [1.82, 2.24) is 4.57 Å². The average molecular weight is 259 g/mol. The van der Waals surface area contributed by atoms with Gasteiger partial charge in [0.05, 0.1) is 5.92 Å². The van der Waals surface area contributed by atoms with Gasteiger partial charge in [-0.1, -0.05) is 39.0 Å². The predicted octanol–water partition coefficient (Wildman–Crippen LogP) is 3.56. The largest absolute Gasteiger partial charge is 0.481 e. The van der Waals surface area contributed by atoms with Crippen molar-refractivity contribution in [2.24, 2.45) is 11.8 Å². The molecule has 1 N–H and O–H groups in total. The molecule has 0 aliphatic rings. The molecule has 0 saturated carbocycles. The first kappa shape index (κ1) is 13.7. The lowest BCUT2D eigenvalue weighted by Crippen LogP contribution is -2.12. The Morgan fingerprint density at radius 1 is 1.26 bits per heavy atom. The van der Waals surface area contributed by atoms with Crippen molar-refractivity contribution in [3.63, 3.8) is 0 Å². The quantitative estimate of drug-likeness (QED) is 0.892. The van der Waals surface area contributed by atoms with E-state index in [2.05, 4.69) is 36.7 Å². The van der Waals surface area contributed by atoms with Gasteiger partial charge in [0.2, 0.25) is 0 Å². The predicted molar refractivity (Wildman–Crippen MR) is 77.3 cm³/mol. The van der Waals surface area contributed by atoms with Crippen LogP contribution in [0.5, 0.6) is 0 Å². The fraction of sp³-hybridized carbons (Fsp3) is 0.438. The van der Waals surface area contributed by atoms with Gasteiger partial charge in [0.1, 0.15) is 0 Å². The number of para-hydroxylation sites is 1. The highest BCUT2D eigenvalue weighted by molar-refractivity contribution is 5.84. The van der Waals surface area contributed by atoms with Crippen molar-refractivity contribution >= 4 is 16.9 Å². The smallest absolute Gasteiger partial charge is 0.306 e. The number of carboxylic acid groups (broad SMARTS) is 1. The molecule has 3 nitrogen and oxygen atoms in total. The third-order valence-corrected chi connectivity index (χ3v) is 3.38. The molecular weight excluding hydrogens is 238 g/mol. The van der Waals surface area contributed by atoms with E-state index in [1.807, 2.05) is 12.1 Å². The second kappa shape index (κ2) is 5.47. The Hall–Kier alpha value is -1.77. The lowest BCUT2D eigenvalue weighted by atomic mass is 10.0. The van der Waals surface area contributed by atoms with Gasteiger partial charge in [0, 0.05) is 23.6 Å². The summed E-state index contributed by atoms with van der Waals surface area (Å²) in [5.74, 6) is -0.514. The SMILES string of the molecule is CC(C)Cn1cc(CC(C)C(=O)O)c2ccccc21. The summed E-state index contributed by atoms with van der Waals surface area (Å²) < 4.78 is 2.24. The number of hydrogen-bond donors (Lipinski definition) is 1. The molecule has 1 heterocycles. The number of aromatic nitrogens is 1. The molecule has 0 aliphatic carbocycles. The first-order valence-corrected chi connectivity index (χ1v) is 6.78. The molecule has 1 unspecified atom stereocenters. The van der Waals surface area contributed by atoms with Crippen molar-refractivity contribution in [1.29, 1.82) is 0 Å². The Kier molecular flexibility index (Phi) is 3.93. The summed E-state index contributed by atoms with van der Waals surface area (Å²) >= 11 is 0. The number of nitrogens with zero attached hydrogens (tertiary/aromatic N) is 1. The monoisotopic (exact) mass is 259 g/mol. The zero-order valence-corrected chi connectivity index (χ0v) is 11.8. The molecule has 102 valence electrons. The van der Waals surface area contributed by atoms with E-state index in [9.17, 15) is 4.79 Å². The third kappa shape index (κ3) is 2.98. The summed E-state index contributed by atoms with van der Waals surface area (Å²) in [4.78, 5) is 11.0. The van der Waals surface area contributed by atoms with E-state index in [1.165, 1.54) is 10.9 Å². The van der Waals surface area contributed by atoms with Crippen LogP contribution in [0, 0.1) is 11.8 Å². The van der Waals surface area contributed by atoms with Crippen LogP contribution in [-0.2, 0) is 17.8 Å². The molecule has 1 aromatic heterocycles. The minimum absolute atomic E-state index is 0.349. The second-order valence-electron chi connectivity index (χ2n) is 5.66. The van der Waals surface area contributed by atoms with Gasteiger partial charge in [-0.3, -0.25) is 4.79 Å². The molecule has 19 heavy (non-hydrogen) atoms. The molecule has 0 amide bonds. The Balaban J connectivity index is 2.41. The van der Waals surface area contributed by atoms with Gasteiger partial charge in [0.25, 0.3) is 0 Å². The number of carbonyl (C=O) groups is 1. The molecule has 1 atom stereocenters. The molecule has 0 fully saturated rings. The normalized spacial score (nSPS) is 13.1. The Bertz CT molecular complexity index is 583. The van der Waals surface area contributed by atoms with Crippen LogP contribution in [0.25, 0.3) is 10.9 Å². The summed E-state index contributed by atoms with van der Waals surface area (Å²) in [7, 11) is 0. The number of carboxylic acids is 1. The summed E-state index contributed by atoms with van der Waals surface area (Å²) in [6.07, 6.45) is 2.70. The number of rotatable bonds is 5. The van der Waals surface area contributed by atoms with E-state index in [-0.39, 0.29) is 5.92 Å². The van der Waals surface area contributed by atoms with Gasteiger partial charge >= 0.3 is 5.97 Å². The van der Waals surface area contributed by atoms with Gasteiger partial charge in [-0.2, -0.15) is 0 Å². The maximum Gasteiger partial charge on any atom is 0.306 e. The van der Waals surface area contributed by atoms with Crippen molar-refractivity contribution in [2.45, 2.75) is 33.7 Å². The minimum atomic E-state index is -0.735. The fourth-order valence-corrected chi connectivity index (χ4v) is 2.45. The van der Waals surface area contributed by atoms with Gasteiger partial charge in [-0.15, -0.1) is 0 Å². The van der Waals surface area contributed by atoms with Crippen LogP contribution in [0.15, 0.2) is 30.5 Å². The molecule has 0 bridgehead atoms. The Morgan fingerprint density at radius 3 is 2.58 bits per heavy atom. The highest BCUT2D eigenvalue weighted by atomic mass is 16.4. The molecule has 0 radical (unpaired) electrons. The highest BCUT2D eigenvalue weighted by Gasteiger charge is 2.16. The third-order valence-electron chi connectivity index (χ3n) is 3.38. The molecule has 0 spiro atoms. The van der Waals surface area contributed by atoms with E-state index in [0.29, 0.717) is 12.3 Å². The zero-order chi connectivity index (χ0) is 14.0. The Labute approximate surface area is 113 Å². The maximum absolute atomic E-state index is 11.0. The van der Waals surface area contributed by atoms with E-state index in [1.54, 1.807) is 6.92 Å². The average Bonchev–Trinajstić information content (AvgIpc) is 2.67. The van der Waals surface area contributed by atoms with Crippen molar-refractivity contribution in [3.8, 4) is 0 Å². The summed E-state index contributed by atoms with van der Waals surface area (Å²) in [5.41, 5.74) is 2.33. The molecule has 1 aromatic carbocycles. The van der Waals surface area contributed by atoms with E-state index in [4.69, 9.17) is 5.11 Å². The van der Waals surface area contributed by atoms with Gasteiger partial charge in [-0.25, -0.2) is 0 Å².